The minimum atomic E-state index is 0.0554. The summed E-state index contributed by atoms with van der Waals surface area (Å²) in [6, 6.07) is 5.95. The van der Waals surface area contributed by atoms with Gasteiger partial charge in [0.25, 0.3) is 0 Å². The monoisotopic (exact) mass is 279 g/mol. The molecule has 1 unspecified atom stereocenters. The number of nitrogens with one attached hydrogen (secondary N) is 1. The molecular formula is C13H17N3O2S. The van der Waals surface area contributed by atoms with Crippen molar-refractivity contribution in [1.82, 2.24) is 14.9 Å². The van der Waals surface area contributed by atoms with E-state index in [0.717, 1.165) is 27.6 Å². The van der Waals surface area contributed by atoms with Crippen LogP contribution in [-0.2, 0) is 0 Å². The minimum absolute atomic E-state index is 0.0554. The van der Waals surface area contributed by atoms with Gasteiger partial charge in [-0.25, -0.2) is 0 Å². The van der Waals surface area contributed by atoms with Crippen LogP contribution in [0.1, 0.15) is 22.2 Å². The molecule has 0 saturated carbocycles. The van der Waals surface area contributed by atoms with E-state index in [1.54, 1.807) is 14.2 Å². The Bertz CT molecular complexity index is 557. The lowest BCUT2D eigenvalue weighted by Gasteiger charge is -2.17. The quantitative estimate of drug-likeness (QED) is 0.909. The number of hydrogen-bond acceptors (Lipinski definition) is 6. The Morgan fingerprint density at radius 3 is 2.47 bits per heavy atom. The maximum atomic E-state index is 5.34. The highest BCUT2D eigenvalue weighted by Crippen LogP contribution is 2.33. The summed E-state index contributed by atoms with van der Waals surface area (Å²) in [4.78, 5) is 1.11. The summed E-state index contributed by atoms with van der Waals surface area (Å²) >= 11 is 1.40. The fourth-order valence-electron chi connectivity index (χ4n) is 1.98. The van der Waals surface area contributed by atoms with Gasteiger partial charge in [-0.05, 0) is 43.2 Å². The predicted molar refractivity (Wildman–Crippen MR) is 75.1 cm³/mol. The van der Waals surface area contributed by atoms with Crippen LogP contribution in [-0.4, -0.2) is 30.9 Å². The maximum absolute atomic E-state index is 5.34. The first-order chi connectivity index (χ1) is 9.21. The number of methoxy groups -OCH3 is 2. The topological polar surface area (TPSA) is 56.3 Å². The summed E-state index contributed by atoms with van der Waals surface area (Å²) in [7, 11) is 5.18. The number of aryl methyl sites for hydroxylation is 1. The van der Waals surface area contributed by atoms with Crippen molar-refractivity contribution in [2.45, 2.75) is 13.0 Å². The van der Waals surface area contributed by atoms with Gasteiger partial charge in [-0.3, -0.25) is 0 Å². The van der Waals surface area contributed by atoms with E-state index in [9.17, 15) is 0 Å². The summed E-state index contributed by atoms with van der Waals surface area (Å²) in [5, 5.41) is 7.34. The van der Waals surface area contributed by atoms with Crippen LogP contribution in [0.25, 0.3) is 0 Å². The number of ether oxygens (including phenoxy) is 2. The predicted octanol–water partition coefficient (Wildman–Crippen LogP) is 2.17. The molecule has 1 aromatic heterocycles. The van der Waals surface area contributed by atoms with Crippen molar-refractivity contribution in [3.05, 3.63) is 34.3 Å². The molecule has 1 atom stereocenters. The second-order valence-electron chi connectivity index (χ2n) is 4.06. The lowest BCUT2D eigenvalue weighted by molar-refractivity contribution is 0.354. The average molecular weight is 279 g/mol. The lowest BCUT2D eigenvalue weighted by Crippen LogP contribution is -2.17. The Morgan fingerprint density at radius 2 is 1.95 bits per heavy atom. The first-order valence-electron chi connectivity index (χ1n) is 5.89. The van der Waals surface area contributed by atoms with Gasteiger partial charge in [-0.1, -0.05) is 10.6 Å². The van der Waals surface area contributed by atoms with Crippen LogP contribution >= 0.6 is 11.5 Å². The Kier molecular flexibility index (Phi) is 4.34. The third kappa shape index (κ3) is 2.69. The molecule has 2 aromatic rings. The molecule has 2 rings (SSSR count). The molecule has 0 aliphatic heterocycles. The molecular weight excluding hydrogens is 262 g/mol. The molecule has 0 spiro atoms. The highest BCUT2D eigenvalue weighted by atomic mass is 32.1. The molecule has 0 radical (unpaired) electrons. The molecule has 0 fully saturated rings. The maximum Gasteiger partial charge on any atom is 0.161 e. The molecule has 19 heavy (non-hydrogen) atoms. The Morgan fingerprint density at radius 1 is 1.21 bits per heavy atom. The van der Waals surface area contributed by atoms with E-state index in [1.807, 2.05) is 32.2 Å². The number of benzene rings is 1. The minimum Gasteiger partial charge on any atom is -0.493 e. The summed E-state index contributed by atoms with van der Waals surface area (Å²) in [6.45, 7) is 1.96. The van der Waals surface area contributed by atoms with E-state index in [1.165, 1.54) is 11.5 Å². The highest BCUT2D eigenvalue weighted by Gasteiger charge is 2.19. The molecule has 0 amide bonds. The van der Waals surface area contributed by atoms with Crippen LogP contribution in [0.15, 0.2) is 18.2 Å². The molecule has 0 aliphatic rings. The molecule has 1 aromatic carbocycles. The van der Waals surface area contributed by atoms with Crippen LogP contribution in [0, 0.1) is 6.92 Å². The highest BCUT2D eigenvalue weighted by molar-refractivity contribution is 7.05. The Balaban J connectivity index is 2.42. The average Bonchev–Trinajstić information content (AvgIpc) is 2.86. The summed E-state index contributed by atoms with van der Waals surface area (Å²) in [5.74, 6) is 1.44. The van der Waals surface area contributed by atoms with E-state index < -0.39 is 0 Å². The van der Waals surface area contributed by atoms with Crippen LogP contribution in [0.2, 0.25) is 0 Å². The zero-order valence-electron chi connectivity index (χ0n) is 11.4. The van der Waals surface area contributed by atoms with Crippen molar-refractivity contribution in [2.75, 3.05) is 21.3 Å². The van der Waals surface area contributed by atoms with Crippen LogP contribution < -0.4 is 14.8 Å². The van der Waals surface area contributed by atoms with Crippen molar-refractivity contribution >= 4 is 11.5 Å². The van der Waals surface area contributed by atoms with Crippen LogP contribution in [0.5, 0.6) is 11.5 Å². The SMILES string of the molecule is CNC(c1ccc(OC)c(OC)c1)c1snnc1C. The molecule has 6 heteroatoms. The number of rotatable bonds is 5. The number of hydrogen-bond donors (Lipinski definition) is 1. The summed E-state index contributed by atoms with van der Waals surface area (Å²) in [5.41, 5.74) is 2.04. The van der Waals surface area contributed by atoms with Crippen molar-refractivity contribution in [1.29, 1.82) is 0 Å². The molecule has 1 N–H and O–H groups in total. The Hall–Kier alpha value is -1.66. The summed E-state index contributed by atoms with van der Waals surface area (Å²) < 4.78 is 14.6. The fraction of sp³-hybridized carbons (Fsp3) is 0.385. The van der Waals surface area contributed by atoms with E-state index in [4.69, 9.17) is 9.47 Å². The van der Waals surface area contributed by atoms with E-state index >= 15 is 0 Å². The molecule has 0 aliphatic carbocycles. The smallest absolute Gasteiger partial charge is 0.161 e. The Labute approximate surface area is 116 Å². The molecule has 102 valence electrons. The molecule has 5 nitrogen and oxygen atoms in total. The first kappa shape index (κ1) is 13.8. The fourth-order valence-corrected chi connectivity index (χ4v) is 2.77. The van der Waals surface area contributed by atoms with Gasteiger partial charge >= 0.3 is 0 Å². The third-order valence-corrected chi connectivity index (χ3v) is 3.87. The van der Waals surface area contributed by atoms with E-state index in [-0.39, 0.29) is 6.04 Å². The zero-order chi connectivity index (χ0) is 13.8. The largest absolute Gasteiger partial charge is 0.493 e. The second kappa shape index (κ2) is 5.99. The first-order valence-corrected chi connectivity index (χ1v) is 6.66. The second-order valence-corrected chi connectivity index (χ2v) is 4.84. The summed E-state index contributed by atoms with van der Waals surface area (Å²) in [6.07, 6.45) is 0. The van der Waals surface area contributed by atoms with Gasteiger partial charge in [0.15, 0.2) is 11.5 Å². The van der Waals surface area contributed by atoms with Gasteiger partial charge in [-0.2, -0.15) is 0 Å². The molecule has 1 heterocycles. The van der Waals surface area contributed by atoms with E-state index in [2.05, 4.69) is 14.9 Å². The van der Waals surface area contributed by atoms with Crippen molar-refractivity contribution < 1.29 is 9.47 Å². The van der Waals surface area contributed by atoms with Gasteiger partial charge in [0.2, 0.25) is 0 Å². The van der Waals surface area contributed by atoms with Crippen LogP contribution in [0.3, 0.4) is 0 Å². The lowest BCUT2D eigenvalue weighted by atomic mass is 10.0. The standard InChI is InChI=1S/C13H17N3O2S/c1-8-13(19-16-15-8)12(14-2)9-5-6-10(17-3)11(7-9)18-4/h5-7,12,14H,1-4H3. The van der Waals surface area contributed by atoms with Crippen molar-refractivity contribution in [2.24, 2.45) is 0 Å². The normalized spacial score (nSPS) is 12.2. The number of aromatic nitrogens is 2. The van der Waals surface area contributed by atoms with Gasteiger partial charge in [-0.15, -0.1) is 5.10 Å². The van der Waals surface area contributed by atoms with Crippen molar-refractivity contribution in [3.63, 3.8) is 0 Å². The van der Waals surface area contributed by atoms with Gasteiger partial charge in [0, 0.05) is 0 Å². The van der Waals surface area contributed by atoms with Gasteiger partial charge < -0.3 is 14.8 Å². The molecule has 0 saturated heterocycles. The van der Waals surface area contributed by atoms with Crippen LogP contribution in [0.4, 0.5) is 0 Å². The van der Waals surface area contributed by atoms with Gasteiger partial charge in [0.05, 0.1) is 30.8 Å². The third-order valence-electron chi connectivity index (χ3n) is 2.98. The van der Waals surface area contributed by atoms with E-state index in [0.29, 0.717) is 0 Å². The molecule has 0 bridgehead atoms. The van der Waals surface area contributed by atoms with Gasteiger partial charge in [0.1, 0.15) is 0 Å². The van der Waals surface area contributed by atoms with Crippen molar-refractivity contribution in [3.8, 4) is 11.5 Å². The zero-order valence-corrected chi connectivity index (χ0v) is 12.2. The number of nitrogens with zero attached hydrogens (tertiary/aromatic N) is 2.